The number of aromatic nitrogens is 3. The van der Waals surface area contributed by atoms with E-state index in [4.69, 9.17) is 0 Å². The van der Waals surface area contributed by atoms with E-state index < -0.39 is 0 Å². The Hall–Kier alpha value is -3.39. The van der Waals surface area contributed by atoms with Crippen LogP contribution in [0.1, 0.15) is 36.6 Å². The van der Waals surface area contributed by atoms with Crippen molar-refractivity contribution in [3.05, 3.63) is 84.1 Å². The summed E-state index contributed by atoms with van der Waals surface area (Å²) in [7, 11) is 0. The highest BCUT2D eigenvalue weighted by atomic mass is 32.2. The Morgan fingerprint density at radius 1 is 1.25 bits per heavy atom. The topological polar surface area (TPSA) is 71.8 Å². The molecule has 1 amide bonds. The first kappa shape index (κ1) is 21.8. The molecule has 0 radical (unpaired) electrons. The fourth-order valence-electron chi connectivity index (χ4n) is 3.16. The molecule has 0 saturated heterocycles. The monoisotopic (exact) mass is 449 g/mol. The van der Waals surface area contributed by atoms with Gasteiger partial charge in [-0.1, -0.05) is 18.7 Å². The summed E-state index contributed by atoms with van der Waals surface area (Å²) in [6.07, 6.45) is 9.27. The van der Waals surface area contributed by atoms with E-state index in [-0.39, 0.29) is 11.7 Å². The first-order chi connectivity index (χ1) is 15.6. The number of hydrogen-bond acceptors (Lipinski definition) is 5. The molecule has 32 heavy (non-hydrogen) atoms. The molecule has 164 valence electrons. The lowest BCUT2D eigenvalue weighted by Crippen LogP contribution is -2.24. The minimum absolute atomic E-state index is 0.222. The predicted octanol–water partition coefficient (Wildman–Crippen LogP) is 4.99. The van der Waals surface area contributed by atoms with Crippen molar-refractivity contribution in [2.45, 2.75) is 31.6 Å². The number of nitrogens with zero attached hydrogens (tertiary/aromatic N) is 3. The summed E-state index contributed by atoms with van der Waals surface area (Å²) in [4.78, 5) is 17.3. The number of hydrogen-bond donors (Lipinski definition) is 2. The predicted molar refractivity (Wildman–Crippen MR) is 128 cm³/mol. The van der Waals surface area contributed by atoms with Gasteiger partial charge < -0.3 is 10.0 Å². The van der Waals surface area contributed by atoms with E-state index in [1.165, 1.54) is 25.0 Å². The molecule has 0 spiro atoms. The highest BCUT2D eigenvalue weighted by Crippen LogP contribution is 2.34. The molecule has 2 heterocycles. The molecule has 1 saturated carbocycles. The van der Waals surface area contributed by atoms with Gasteiger partial charge in [0.05, 0.1) is 17.6 Å². The molecule has 1 fully saturated rings. The Morgan fingerprint density at radius 3 is 2.66 bits per heavy atom. The number of carbonyl (C=O) groups excluding carboxylic acids is 1. The Kier molecular flexibility index (Phi) is 6.70. The fraction of sp³-hybridized carbons (Fsp3) is 0.208. The van der Waals surface area contributed by atoms with Gasteiger partial charge in [0.15, 0.2) is 0 Å². The van der Waals surface area contributed by atoms with Gasteiger partial charge in [0.1, 0.15) is 11.6 Å². The zero-order valence-electron chi connectivity index (χ0n) is 17.7. The average molecular weight is 450 g/mol. The van der Waals surface area contributed by atoms with Gasteiger partial charge >= 0.3 is 0 Å². The minimum Gasteiger partial charge on any atom is -0.348 e. The molecule has 0 bridgehead atoms. The molecule has 4 rings (SSSR count). The van der Waals surface area contributed by atoms with Gasteiger partial charge in [0, 0.05) is 29.1 Å². The summed E-state index contributed by atoms with van der Waals surface area (Å²) in [5.74, 6) is 0.269. The van der Waals surface area contributed by atoms with Crippen molar-refractivity contribution in [3.63, 3.8) is 0 Å². The van der Waals surface area contributed by atoms with Crippen molar-refractivity contribution in [3.8, 4) is 5.69 Å². The third kappa shape index (κ3) is 5.08. The lowest BCUT2D eigenvalue weighted by molar-refractivity contribution is -0.115. The number of amides is 1. The van der Waals surface area contributed by atoms with Crippen molar-refractivity contribution in [1.82, 2.24) is 20.1 Å². The normalized spacial score (nSPS) is 13.6. The molecule has 8 heteroatoms. The summed E-state index contributed by atoms with van der Waals surface area (Å²) < 4.78 is 18.2. The summed E-state index contributed by atoms with van der Waals surface area (Å²) in [6.45, 7) is 6.02. The molecular weight excluding hydrogens is 425 g/mol. The van der Waals surface area contributed by atoms with Gasteiger partial charge in [0.2, 0.25) is 0 Å². The van der Waals surface area contributed by atoms with Crippen molar-refractivity contribution in [2.75, 3.05) is 4.72 Å². The first-order valence-corrected chi connectivity index (χ1v) is 11.2. The first-order valence-electron chi connectivity index (χ1n) is 10.4. The summed E-state index contributed by atoms with van der Waals surface area (Å²) >= 11 is 1.70. The lowest BCUT2D eigenvalue weighted by atomic mass is 10.1. The molecule has 0 unspecified atom stereocenters. The second-order valence-electron chi connectivity index (χ2n) is 7.39. The van der Waals surface area contributed by atoms with E-state index in [2.05, 4.69) is 26.7 Å². The summed E-state index contributed by atoms with van der Waals surface area (Å²) in [5, 5.41) is 8.02. The van der Waals surface area contributed by atoms with E-state index in [1.54, 1.807) is 60.2 Å². The third-order valence-electron chi connectivity index (χ3n) is 5.03. The fourth-order valence-corrected chi connectivity index (χ4v) is 3.94. The van der Waals surface area contributed by atoms with Gasteiger partial charge in [0.25, 0.3) is 5.91 Å². The van der Waals surface area contributed by atoms with Crippen LogP contribution in [0.25, 0.3) is 17.3 Å². The van der Waals surface area contributed by atoms with Crippen LogP contribution >= 0.6 is 11.9 Å². The molecule has 2 aromatic heterocycles. The molecule has 0 aliphatic heterocycles. The van der Waals surface area contributed by atoms with Gasteiger partial charge in [-0.25, -0.2) is 14.1 Å². The molecule has 2 N–H and O–H groups in total. The number of rotatable bonds is 9. The van der Waals surface area contributed by atoms with E-state index in [0.29, 0.717) is 34.3 Å². The number of benzene rings is 1. The molecule has 1 aliphatic carbocycles. The van der Waals surface area contributed by atoms with Crippen LogP contribution in [-0.4, -0.2) is 25.9 Å². The molecule has 1 aromatic carbocycles. The molecule has 0 atom stereocenters. The van der Waals surface area contributed by atoms with E-state index in [1.807, 2.05) is 12.1 Å². The van der Waals surface area contributed by atoms with Gasteiger partial charge in [-0.3, -0.25) is 4.79 Å². The number of anilines is 1. The van der Waals surface area contributed by atoms with Crippen LogP contribution in [0.15, 0.2) is 61.4 Å². The molecule has 3 aromatic rings. The smallest absolute Gasteiger partial charge is 0.251 e. The van der Waals surface area contributed by atoms with Crippen LogP contribution < -0.4 is 10.0 Å². The average Bonchev–Trinajstić information content (AvgIpc) is 3.56. The Morgan fingerprint density at radius 2 is 2.03 bits per heavy atom. The van der Waals surface area contributed by atoms with Gasteiger partial charge in [-0.15, -0.1) is 0 Å². The second kappa shape index (κ2) is 9.82. The Labute approximate surface area is 190 Å². The van der Waals surface area contributed by atoms with Crippen molar-refractivity contribution in [1.29, 1.82) is 0 Å². The summed E-state index contributed by atoms with van der Waals surface area (Å²) in [5.41, 5.74) is 3.38. The largest absolute Gasteiger partial charge is 0.348 e. The Bertz CT molecular complexity index is 1130. The van der Waals surface area contributed by atoms with E-state index in [0.717, 1.165) is 11.4 Å². The SMILES string of the molecule is C=Cc1c(/C(=C\C)C(=O)NCc2ccc(NSC3CC3)nc2)cnn1-c1ccc(F)cc1. The zero-order chi connectivity index (χ0) is 22.5. The van der Waals surface area contributed by atoms with Gasteiger partial charge in [-0.05, 0) is 73.7 Å². The molecule has 1 aliphatic rings. The van der Waals surface area contributed by atoms with E-state index >= 15 is 0 Å². The molecular formula is C24H24FN5OS. The highest BCUT2D eigenvalue weighted by Gasteiger charge is 2.22. The maximum Gasteiger partial charge on any atom is 0.251 e. The highest BCUT2D eigenvalue weighted by molar-refractivity contribution is 8.01. The van der Waals surface area contributed by atoms with E-state index in [9.17, 15) is 9.18 Å². The number of nitrogens with one attached hydrogen (secondary N) is 2. The van der Waals surface area contributed by atoms with Crippen molar-refractivity contribution >= 4 is 35.3 Å². The zero-order valence-corrected chi connectivity index (χ0v) is 18.5. The number of halogens is 1. The lowest BCUT2D eigenvalue weighted by Gasteiger charge is -2.10. The molecule has 6 nitrogen and oxygen atoms in total. The standard InChI is InChI=1S/C24H24FN5OS/c1-3-20(21-15-28-30(22(21)4-2)18-8-6-17(25)7-9-18)24(31)27-14-16-5-12-23(26-13-16)29-32-19-10-11-19/h3-9,12-13,15,19H,2,10-11,14H2,1H3,(H,26,29)(H,27,31)/b20-3+. The maximum absolute atomic E-state index is 13.3. The quantitative estimate of drug-likeness (QED) is 0.356. The van der Waals surface area contributed by atoms with Crippen LogP contribution in [-0.2, 0) is 11.3 Å². The number of pyridine rings is 1. The third-order valence-corrected chi connectivity index (χ3v) is 6.16. The van der Waals surface area contributed by atoms with Crippen molar-refractivity contribution < 1.29 is 9.18 Å². The number of carbonyl (C=O) groups is 1. The minimum atomic E-state index is -0.324. The van der Waals surface area contributed by atoms with Crippen LogP contribution in [0.5, 0.6) is 0 Å². The number of allylic oxidation sites excluding steroid dienone is 1. The maximum atomic E-state index is 13.3. The second-order valence-corrected chi connectivity index (χ2v) is 8.50. The van der Waals surface area contributed by atoms with Crippen LogP contribution in [0, 0.1) is 5.82 Å². The van der Waals surface area contributed by atoms with Crippen LogP contribution in [0.4, 0.5) is 10.2 Å². The van der Waals surface area contributed by atoms with Crippen LogP contribution in [0.2, 0.25) is 0 Å². The Balaban J connectivity index is 1.43. The van der Waals surface area contributed by atoms with Crippen LogP contribution in [0.3, 0.4) is 0 Å². The van der Waals surface area contributed by atoms with Gasteiger partial charge in [-0.2, -0.15) is 5.10 Å². The van der Waals surface area contributed by atoms with Crippen molar-refractivity contribution in [2.24, 2.45) is 0 Å². The summed E-state index contributed by atoms with van der Waals surface area (Å²) in [6, 6.07) is 9.85.